The molecular weight excluding hydrogens is 392 g/mol. The minimum atomic E-state index is 0.181. The van der Waals surface area contributed by atoms with Crippen molar-refractivity contribution in [2.24, 2.45) is 13.0 Å². The Morgan fingerprint density at radius 2 is 2.13 bits per heavy atom. The molecule has 6 rings (SSSR count). The number of nitrogens with zero attached hydrogens (tertiary/aromatic N) is 6. The molecule has 4 unspecified atom stereocenters. The summed E-state index contributed by atoms with van der Waals surface area (Å²) >= 11 is 0. The molecule has 0 bridgehead atoms. The predicted octanol–water partition coefficient (Wildman–Crippen LogP) is 2.17. The van der Waals surface area contributed by atoms with E-state index in [0.29, 0.717) is 17.9 Å². The van der Waals surface area contributed by atoms with Crippen molar-refractivity contribution < 1.29 is 4.42 Å². The van der Waals surface area contributed by atoms with Crippen LogP contribution in [-0.2, 0) is 20.0 Å². The van der Waals surface area contributed by atoms with Crippen LogP contribution < -0.4 is 15.8 Å². The van der Waals surface area contributed by atoms with Crippen LogP contribution in [0.15, 0.2) is 29.2 Å². The van der Waals surface area contributed by atoms with Crippen LogP contribution in [0.4, 0.5) is 5.82 Å². The molecule has 3 aromatic rings. The number of aromatic nitrogens is 5. The molecule has 9 heteroatoms. The summed E-state index contributed by atoms with van der Waals surface area (Å²) in [7, 11) is 1.99. The zero-order valence-corrected chi connectivity index (χ0v) is 18.0. The second kappa shape index (κ2) is 7.42. The van der Waals surface area contributed by atoms with Crippen LogP contribution in [-0.4, -0.2) is 37.3 Å². The van der Waals surface area contributed by atoms with Gasteiger partial charge in [0.2, 0.25) is 0 Å². The summed E-state index contributed by atoms with van der Waals surface area (Å²) in [5, 5.41) is 4.38. The Morgan fingerprint density at radius 1 is 1.19 bits per heavy atom. The summed E-state index contributed by atoms with van der Waals surface area (Å²) in [4.78, 5) is 16.1. The molecule has 5 heterocycles. The number of nitrogens with one attached hydrogen (secondary N) is 2. The first-order valence-corrected chi connectivity index (χ1v) is 11.2. The van der Waals surface area contributed by atoms with Crippen molar-refractivity contribution in [3.8, 4) is 0 Å². The molecule has 1 aliphatic carbocycles. The highest BCUT2D eigenvalue weighted by atomic mass is 16.4. The molecule has 2 N–H and O–H groups in total. The summed E-state index contributed by atoms with van der Waals surface area (Å²) in [5.74, 6) is 3.75. The largest absolute Gasteiger partial charge is 0.446 e. The number of hydrogen-bond acceptors (Lipinski definition) is 8. The number of aryl methyl sites for hydroxylation is 2. The van der Waals surface area contributed by atoms with E-state index in [4.69, 9.17) is 4.42 Å². The highest BCUT2D eigenvalue weighted by Gasteiger charge is 2.42. The van der Waals surface area contributed by atoms with Gasteiger partial charge in [0.15, 0.2) is 5.89 Å². The molecule has 0 radical (unpaired) electrons. The van der Waals surface area contributed by atoms with Crippen molar-refractivity contribution in [2.45, 2.75) is 57.2 Å². The normalized spacial score (nSPS) is 27.9. The van der Waals surface area contributed by atoms with Crippen molar-refractivity contribution in [3.63, 3.8) is 0 Å². The minimum absolute atomic E-state index is 0.181. The first kappa shape index (κ1) is 18.9. The van der Waals surface area contributed by atoms with Crippen LogP contribution in [0.25, 0.3) is 0 Å². The molecule has 0 amide bonds. The van der Waals surface area contributed by atoms with E-state index in [1.165, 1.54) is 12.0 Å². The molecule has 9 nitrogen and oxygen atoms in total. The van der Waals surface area contributed by atoms with Gasteiger partial charge in [0.25, 0.3) is 0 Å². The SMILES string of the molecule is Cc1nc2c(o1)CCN(c1cc(C3NNC4CCC(c5cnn(C)c5)CC43)ncn1)C2. The third-order valence-corrected chi connectivity index (χ3v) is 7.10. The standard InChI is InChI=1S/C22H28N8O/c1-13-26-19-11-30(6-5-20(19)31-13)21-8-18(23-12-24-21)22-16-7-14(3-4-17(16)27-28-22)15-9-25-29(2)10-15/h8-10,12,14,16-17,22,27-28H,3-7,11H2,1-2H3. The van der Waals surface area contributed by atoms with Crippen LogP contribution >= 0.6 is 0 Å². The van der Waals surface area contributed by atoms with E-state index in [0.717, 1.165) is 61.2 Å². The third-order valence-electron chi connectivity index (χ3n) is 7.10. The lowest BCUT2D eigenvalue weighted by Gasteiger charge is -2.33. The summed E-state index contributed by atoms with van der Waals surface area (Å²) in [5.41, 5.74) is 10.5. The fourth-order valence-electron chi connectivity index (χ4n) is 5.53. The van der Waals surface area contributed by atoms with Crippen LogP contribution in [0.5, 0.6) is 0 Å². The van der Waals surface area contributed by atoms with Gasteiger partial charge in [0, 0.05) is 45.2 Å². The van der Waals surface area contributed by atoms with Crippen LogP contribution in [0.2, 0.25) is 0 Å². The molecule has 4 atom stereocenters. The van der Waals surface area contributed by atoms with E-state index >= 15 is 0 Å². The van der Waals surface area contributed by atoms with Crippen LogP contribution in [0.1, 0.15) is 59.8 Å². The maximum absolute atomic E-state index is 5.71. The van der Waals surface area contributed by atoms with Gasteiger partial charge in [-0.3, -0.25) is 10.1 Å². The second-order valence-corrected chi connectivity index (χ2v) is 9.07. The molecule has 0 aromatic carbocycles. The predicted molar refractivity (Wildman–Crippen MR) is 114 cm³/mol. The molecular formula is C22H28N8O. The average Bonchev–Trinajstić information content (AvgIpc) is 3.49. The van der Waals surface area contributed by atoms with Gasteiger partial charge in [0.1, 0.15) is 23.6 Å². The Morgan fingerprint density at radius 3 is 3.00 bits per heavy atom. The van der Waals surface area contributed by atoms with Crippen molar-refractivity contribution in [2.75, 3.05) is 11.4 Å². The minimum Gasteiger partial charge on any atom is -0.446 e. The number of hydrogen-bond donors (Lipinski definition) is 2. The molecule has 1 saturated carbocycles. The second-order valence-electron chi connectivity index (χ2n) is 9.07. The fraction of sp³-hybridized carbons (Fsp3) is 0.545. The Labute approximate surface area is 181 Å². The van der Waals surface area contributed by atoms with Gasteiger partial charge in [-0.15, -0.1) is 0 Å². The first-order valence-electron chi connectivity index (χ1n) is 11.2. The van der Waals surface area contributed by atoms with Gasteiger partial charge in [-0.2, -0.15) is 5.10 Å². The van der Waals surface area contributed by atoms with Gasteiger partial charge in [0.05, 0.1) is 24.5 Å². The van der Waals surface area contributed by atoms with Gasteiger partial charge < -0.3 is 9.32 Å². The molecule has 162 valence electrons. The highest BCUT2D eigenvalue weighted by Crippen LogP contribution is 2.43. The van der Waals surface area contributed by atoms with Gasteiger partial charge in [-0.05, 0) is 36.7 Å². The maximum Gasteiger partial charge on any atom is 0.191 e. The van der Waals surface area contributed by atoms with E-state index in [1.807, 2.05) is 24.9 Å². The summed E-state index contributed by atoms with van der Waals surface area (Å²) in [6.07, 6.45) is 10.2. The molecule has 0 spiro atoms. The Kier molecular flexibility index (Phi) is 4.53. The summed E-state index contributed by atoms with van der Waals surface area (Å²) in [6.45, 7) is 3.52. The molecule has 31 heavy (non-hydrogen) atoms. The smallest absolute Gasteiger partial charge is 0.191 e. The fourth-order valence-corrected chi connectivity index (χ4v) is 5.53. The quantitative estimate of drug-likeness (QED) is 0.666. The molecule has 2 aliphatic heterocycles. The third kappa shape index (κ3) is 3.41. The lowest BCUT2D eigenvalue weighted by Crippen LogP contribution is -2.34. The molecule has 3 aromatic heterocycles. The molecule has 1 saturated heterocycles. The number of fused-ring (bicyclic) bond motifs is 2. The zero-order chi connectivity index (χ0) is 20.9. The van der Waals surface area contributed by atoms with E-state index in [9.17, 15) is 0 Å². The van der Waals surface area contributed by atoms with E-state index in [-0.39, 0.29) is 6.04 Å². The molecule has 3 aliphatic rings. The average molecular weight is 421 g/mol. The monoisotopic (exact) mass is 420 g/mol. The van der Waals surface area contributed by atoms with E-state index < -0.39 is 0 Å². The topological polar surface area (TPSA) is 96.9 Å². The number of oxazole rings is 1. The highest BCUT2D eigenvalue weighted by molar-refractivity contribution is 5.42. The number of anilines is 1. The Bertz CT molecular complexity index is 1090. The van der Waals surface area contributed by atoms with E-state index in [1.54, 1.807) is 6.33 Å². The summed E-state index contributed by atoms with van der Waals surface area (Å²) < 4.78 is 7.61. The van der Waals surface area contributed by atoms with Crippen LogP contribution in [0, 0.1) is 12.8 Å². The number of rotatable bonds is 3. The van der Waals surface area contributed by atoms with E-state index in [2.05, 4.69) is 48.1 Å². The van der Waals surface area contributed by atoms with Crippen molar-refractivity contribution in [1.29, 1.82) is 0 Å². The van der Waals surface area contributed by atoms with Gasteiger partial charge >= 0.3 is 0 Å². The van der Waals surface area contributed by atoms with Gasteiger partial charge in [-0.25, -0.2) is 20.4 Å². The van der Waals surface area contributed by atoms with Crippen molar-refractivity contribution in [1.82, 2.24) is 35.6 Å². The van der Waals surface area contributed by atoms with Crippen molar-refractivity contribution >= 4 is 5.82 Å². The van der Waals surface area contributed by atoms with Crippen LogP contribution in [0.3, 0.4) is 0 Å². The van der Waals surface area contributed by atoms with Gasteiger partial charge in [-0.1, -0.05) is 0 Å². The lowest BCUT2D eigenvalue weighted by molar-refractivity contribution is 0.276. The zero-order valence-electron chi connectivity index (χ0n) is 18.0. The maximum atomic E-state index is 5.71. The molecule has 2 fully saturated rings. The first-order chi connectivity index (χ1) is 15.1. The number of hydrazine groups is 1. The Hall–Kier alpha value is -2.78. The lowest BCUT2D eigenvalue weighted by atomic mass is 9.73. The summed E-state index contributed by atoms with van der Waals surface area (Å²) in [6, 6.07) is 2.81. The van der Waals surface area contributed by atoms with Crippen molar-refractivity contribution in [3.05, 3.63) is 53.4 Å². The Balaban J connectivity index is 1.22.